The van der Waals surface area contributed by atoms with Crippen molar-refractivity contribution >= 4 is 11.9 Å². The smallest absolute Gasteiger partial charge is 0.335 e. The summed E-state index contributed by atoms with van der Waals surface area (Å²) in [4.78, 5) is 23.0. The number of hydrogen-bond acceptors (Lipinski definition) is 8. The van der Waals surface area contributed by atoms with Crippen molar-refractivity contribution in [3.05, 3.63) is 0 Å². The van der Waals surface area contributed by atoms with E-state index < -0.39 is 43.0 Å². The number of carbonyl (C=O) groups excluding carboxylic acids is 1. The first-order valence-corrected chi connectivity index (χ1v) is 5.42. The van der Waals surface area contributed by atoms with E-state index in [1.807, 2.05) is 0 Å². The SMILES string of the molecule is CN(C)CC(=O)OC[C@H](O)[C@H](O)[C@@H](O)[C@H](O)C(=O)O. The molecule has 5 N–H and O–H groups in total. The number of aliphatic carboxylic acids is 1. The average molecular weight is 281 g/mol. The van der Waals surface area contributed by atoms with Gasteiger partial charge in [-0.15, -0.1) is 0 Å². The summed E-state index contributed by atoms with van der Waals surface area (Å²) in [5.41, 5.74) is 0. The molecule has 9 nitrogen and oxygen atoms in total. The van der Waals surface area contributed by atoms with Crippen molar-refractivity contribution in [2.45, 2.75) is 24.4 Å². The van der Waals surface area contributed by atoms with Gasteiger partial charge in [0.15, 0.2) is 6.10 Å². The van der Waals surface area contributed by atoms with Crippen molar-refractivity contribution < 1.29 is 39.9 Å². The molecule has 0 aliphatic rings. The molecule has 0 rings (SSSR count). The molecule has 4 atom stereocenters. The Hall–Kier alpha value is -1.26. The van der Waals surface area contributed by atoms with Crippen LogP contribution in [0.2, 0.25) is 0 Å². The number of carboxylic acid groups (broad SMARTS) is 1. The quantitative estimate of drug-likeness (QED) is 0.287. The van der Waals surface area contributed by atoms with Gasteiger partial charge in [-0.1, -0.05) is 0 Å². The van der Waals surface area contributed by atoms with Gasteiger partial charge >= 0.3 is 11.9 Å². The fourth-order valence-corrected chi connectivity index (χ4v) is 1.14. The van der Waals surface area contributed by atoms with Crippen LogP contribution in [-0.4, -0.2) is 94.0 Å². The van der Waals surface area contributed by atoms with Crippen LogP contribution < -0.4 is 0 Å². The van der Waals surface area contributed by atoms with E-state index in [1.54, 1.807) is 14.1 Å². The second kappa shape index (κ2) is 8.02. The number of aliphatic hydroxyl groups excluding tert-OH is 4. The molecule has 0 saturated carbocycles. The molecular weight excluding hydrogens is 262 g/mol. The molecule has 0 aliphatic heterocycles. The maximum Gasteiger partial charge on any atom is 0.335 e. The Morgan fingerprint density at radius 1 is 1.11 bits per heavy atom. The fourth-order valence-electron chi connectivity index (χ4n) is 1.14. The zero-order valence-corrected chi connectivity index (χ0v) is 10.6. The predicted molar refractivity (Wildman–Crippen MR) is 61.2 cm³/mol. The molecule has 0 aromatic rings. The number of carbonyl (C=O) groups is 2. The lowest BCUT2D eigenvalue weighted by Gasteiger charge is -2.24. The minimum atomic E-state index is -2.25. The third-order valence-electron chi connectivity index (χ3n) is 2.18. The Balaban J connectivity index is 4.23. The number of rotatable bonds is 8. The van der Waals surface area contributed by atoms with Crippen molar-refractivity contribution in [2.24, 2.45) is 0 Å². The Bertz CT molecular complexity index is 308. The van der Waals surface area contributed by atoms with Crippen molar-refractivity contribution in [3.8, 4) is 0 Å². The van der Waals surface area contributed by atoms with Crippen molar-refractivity contribution in [2.75, 3.05) is 27.2 Å². The summed E-state index contributed by atoms with van der Waals surface area (Å²) in [7, 11) is 3.25. The molecule has 0 bridgehead atoms. The molecule has 112 valence electrons. The van der Waals surface area contributed by atoms with Crippen LogP contribution in [-0.2, 0) is 14.3 Å². The van der Waals surface area contributed by atoms with Crippen LogP contribution in [0.4, 0.5) is 0 Å². The van der Waals surface area contributed by atoms with E-state index in [9.17, 15) is 24.9 Å². The van der Waals surface area contributed by atoms with Crippen LogP contribution in [0.15, 0.2) is 0 Å². The summed E-state index contributed by atoms with van der Waals surface area (Å²) in [6, 6.07) is 0. The van der Waals surface area contributed by atoms with Crippen LogP contribution in [0.3, 0.4) is 0 Å². The minimum Gasteiger partial charge on any atom is -0.479 e. The lowest BCUT2D eigenvalue weighted by atomic mass is 10.0. The van der Waals surface area contributed by atoms with Gasteiger partial charge in [-0.05, 0) is 14.1 Å². The van der Waals surface area contributed by atoms with E-state index in [0.717, 1.165) is 0 Å². The van der Waals surface area contributed by atoms with Gasteiger partial charge in [-0.2, -0.15) is 0 Å². The Morgan fingerprint density at radius 3 is 2.05 bits per heavy atom. The van der Waals surface area contributed by atoms with Gasteiger partial charge in [0.2, 0.25) is 0 Å². The molecule has 0 aromatic heterocycles. The monoisotopic (exact) mass is 281 g/mol. The molecule has 0 fully saturated rings. The Kier molecular flexibility index (Phi) is 7.49. The van der Waals surface area contributed by atoms with Gasteiger partial charge in [-0.3, -0.25) is 9.69 Å². The van der Waals surface area contributed by atoms with Gasteiger partial charge in [-0.25, -0.2) is 4.79 Å². The van der Waals surface area contributed by atoms with Gasteiger partial charge < -0.3 is 30.3 Å². The highest BCUT2D eigenvalue weighted by atomic mass is 16.5. The van der Waals surface area contributed by atoms with Crippen LogP contribution in [0.5, 0.6) is 0 Å². The van der Waals surface area contributed by atoms with E-state index in [2.05, 4.69) is 4.74 Å². The second-order valence-electron chi connectivity index (χ2n) is 4.25. The number of carboxylic acids is 1. The molecule has 0 aromatic carbocycles. The second-order valence-corrected chi connectivity index (χ2v) is 4.25. The zero-order valence-electron chi connectivity index (χ0n) is 10.6. The van der Waals surface area contributed by atoms with E-state index in [1.165, 1.54) is 4.90 Å². The zero-order chi connectivity index (χ0) is 15.2. The van der Waals surface area contributed by atoms with Gasteiger partial charge in [0, 0.05) is 0 Å². The summed E-state index contributed by atoms with van der Waals surface area (Å²) >= 11 is 0. The highest BCUT2D eigenvalue weighted by Gasteiger charge is 2.34. The molecule has 0 saturated heterocycles. The molecule has 0 unspecified atom stereocenters. The average Bonchev–Trinajstić information content (AvgIpc) is 2.32. The number of hydrogen-bond donors (Lipinski definition) is 5. The minimum absolute atomic E-state index is 0.0386. The van der Waals surface area contributed by atoms with Crippen LogP contribution in [0, 0.1) is 0 Å². The third kappa shape index (κ3) is 6.45. The maximum absolute atomic E-state index is 11.1. The highest BCUT2D eigenvalue weighted by Crippen LogP contribution is 2.06. The molecule has 0 radical (unpaired) electrons. The highest BCUT2D eigenvalue weighted by molar-refractivity contribution is 5.73. The van der Waals surface area contributed by atoms with E-state index in [-0.39, 0.29) is 6.54 Å². The number of ether oxygens (including phenoxy) is 1. The Morgan fingerprint density at radius 2 is 1.63 bits per heavy atom. The topological polar surface area (TPSA) is 148 Å². The number of nitrogens with zero attached hydrogens (tertiary/aromatic N) is 1. The lowest BCUT2D eigenvalue weighted by molar-refractivity contribution is -0.168. The third-order valence-corrected chi connectivity index (χ3v) is 2.18. The van der Waals surface area contributed by atoms with Crippen molar-refractivity contribution in [3.63, 3.8) is 0 Å². The molecule has 0 heterocycles. The molecule has 19 heavy (non-hydrogen) atoms. The summed E-state index contributed by atoms with van der Waals surface area (Å²) in [6.45, 7) is -0.666. The predicted octanol–water partition coefficient (Wildman–Crippen LogP) is -3.38. The Labute approximate surface area is 109 Å². The molecule has 9 heteroatoms. The summed E-state index contributed by atoms with van der Waals surface area (Å²) in [6.07, 6.45) is -8.02. The molecule has 0 spiro atoms. The molecule has 0 aliphatic carbocycles. The van der Waals surface area contributed by atoms with Crippen LogP contribution in [0.1, 0.15) is 0 Å². The first-order valence-electron chi connectivity index (χ1n) is 5.42. The van der Waals surface area contributed by atoms with Gasteiger partial charge in [0.1, 0.15) is 24.9 Å². The molecule has 0 amide bonds. The van der Waals surface area contributed by atoms with Crippen molar-refractivity contribution in [1.82, 2.24) is 4.90 Å². The van der Waals surface area contributed by atoms with Crippen LogP contribution in [0.25, 0.3) is 0 Å². The largest absolute Gasteiger partial charge is 0.479 e. The summed E-state index contributed by atoms with van der Waals surface area (Å²) < 4.78 is 4.60. The van der Waals surface area contributed by atoms with E-state index in [4.69, 9.17) is 10.2 Å². The van der Waals surface area contributed by atoms with E-state index >= 15 is 0 Å². The lowest BCUT2D eigenvalue weighted by Crippen LogP contribution is -2.49. The number of esters is 1. The van der Waals surface area contributed by atoms with Gasteiger partial charge in [0.25, 0.3) is 0 Å². The molecular formula is C10H19NO8. The van der Waals surface area contributed by atoms with Crippen LogP contribution >= 0.6 is 0 Å². The summed E-state index contributed by atoms with van der Waals surface area (Å²) in [5.74, 6) is -2.41. The van der Waals surface area contributed by atoms with E-state index in [0.29, 0.717) is 0 Å². The van der Waals surface area contributed by atoms with Crippen molar-refractivity contribution in [1.29, 1.82) is 0 Å². The first kappa shape index (κ1) is 17.7. The standard InChI is InChI=1S/C10H19NO8/c1-11(2)3-6(13)19-4-5(12)7(14)8(15)9(16)10(17)18/h5,7-9,12,14-16H,3-4H2,1-2H3,(H,17,18)/t5-,7-,8+,9-/m0/s1. The number of likely N-dealkylation sites (N-methyl/N-ethyl adjacent to an activating group) is 1. The van der Waals surface area contributed by atoms with Gasteiger partial charge in [0.05, 0.1) is 6.54 Å². The normalized spacial score (nSPS) is 17.6. The summed E-state index contributed by atoms with van der Waals surface area (Å²) in [5, 5.41) is 45.4. The number of aliphatic hydroxyl groups is 4. The fraction of sp³-hybridized carbons (Fsp3) is 0.800. The maximum atomic E-state index is 11.1. The first-order chi connectivity index (χ1) is 8.66.